The highest BCUT2D eigenvalue weighted by molar-refractivity contribution is 8.76. The van der Waals surface area contributed by atoms with Crippen LogP contribution in [0.5, 0.6) is 0 Å². The average molecular weight is 346 g/mol. The summed E-state index contributed by atoms with van der Waals surface area (Å²) in [7, 11) is 1.37. The quantitative estimate of drug-likeness (QED) is 0.474. The van der Waals surface area contributed by atoms with E-state index in [4.69, 9.17) is 0 Å². The molecule has 0 amide bonds. The molecule has 0 heterocycles. The zero-order chi connectivity index (χ0) is 16.6. The lowest BCUT2D eigenvalue weighted by Gasteiger charge is -2.11. The van der Waals surface area contributed by atoms with Crippen molar-refractivity contribution in [1.82, 2.24) is 0 Å². The fourth-order valence-corrected chi connectivity index (χ4v) is 4.52. The molecule has 0 atom stereocenters. The molecule has 0 spiro atoms. The largest absolute Gasteiger partial charge is 0.205 e. The summed E-state index contributed by atoms with van der Waals surface area (Å²) >= 11 is 0. The van der Waals surface area contributed by atoms with Gasteiger partial charge in [0.25, 0.3) is 0 Å². The molecule has 0 N–H and O–H groups in total. The molecule has 2 aromatic rings. The highest BCUT2D eigenvalue weighted by atomic mass is 33.1. The smallest absolute Gasteiger partial charge is 0.143 e. The molecule has 0 aliphatic heterocycles. The number of aryl methyl sites for hydroxylation is 4. The topological polar surface area (TPSA) is 0 Å². The van der Waals surface area contributed by atoms with Crippen LogP contribution in [-0.2, 0) is 0 Å². The van der Waals surface area contributed by atoms with Crippen LogP contribution >= 0.6 is 21.6 Å². The molecular formula is C16H14F4S2. The molecule has 22 heavy (non-hydrogen) atoms. The van der Waals surface area contributed by atoms with Gasteiger partial charge in [0, 0.05) is 0 Å². The second kappa shape index (κ2) is 6.54. The van der Waals surface area contributed by atoms with Crippen LogP contribution in [0.2, 0.25) is 0 Å². The van der Waals surface area contributed by atoms with E-state index in [1.165, 1.54) is 39.8 Å². The van der Waals surface area contributed by atoms with Gasteiger partial charge < -0.3 is 0 Å². The molecule has 2 aromatic carbocycles. The molecule has 0 bridgehead atoms. The summed E-state index contributed by atoms with van der Waals surface area (Å²) < 4.78 is 56.2. The number of hydrogen-bond acceptors (Lipinski definition) is 2. The van der Waals surface area contributed by atoms with E-state index in [1.54, 1.807) is 0 Å². The first kappa shape index (κ1) is 17.2. The van der Waals surface area contributed by atoms with Gasteiger partial charge >= 0.3 is 0 Å². The molecule has 0 aliphatic carbocycles. The molecule has 0 aliphatic rings. The summed E-state index contributed by atoms with van der Waals surface area (Å²) in [6, 6.07) is 2.80. The molecular weight excluding hydrogens is 332 g/mol. The van der Waals surface area contributed by atoms with Gasteiger partial charge in [-0.05, 0) is 71.5 Å². The minimum absolute atomic E-state index is 0.236. The maximum Gasteiger partial charge on any atom is 0.143 e. The van der Waals surface area contributed by atoms with Crippen LogP contribution in [0.3, 0.4) is 0 Å². The van der Waals surface area contributed by atoms with Crippen LogP contribution in [0.1, 0.15) is 22.3 Å². The molecule has 0 unspecified atom stereocenters. The van der Waals surface area contributed by atoms with Crippen molar-refractivity contribution in [3.63, 3.8) is 0 Å². The number of benzene rings is 2. The SMILES string of the molecule is Cc1cc(C)c(F)c(SSc2c(F)c(C)cc(C)c2F)c1F. The number of rotatable bonds is 3. The Morgan fingerprint density at radius 1 is 0.545 bits per heavy atom. The monoisotopic (exact) mass is 346 g/mol. The first-order valence-corrected chi connectivity index (χ1v) is 8.64. The van der Waals surface area contributed by atoms with Crippen LogP contribution in [0.25, 0.3) is 0 Å². The van der Waals surface area contributed by atoms with Gasteiger partial charge in [0.2, 0.25) is 0 Å². The van der Waals surface area contributed by atoms with E-state index >= 15 is 0 Å². The van der Waals surface area contributed by atoms with E-state index in [2.05, 4.69) is 0 Å². The molecule has 0 saturated carbocycles. The summed E-state index contributed by atoms with van der Waals surface area (Å²) in [6.45, 7) is 6.09. The first-order valence-electron chi connectivity index (χ1n) is 6.49. The van der Waals surface area contributed by atoms with Gasteiger partial charge in [-0.3, -0.25) is 0 Å². The Morgan fingerprint density at radius 3 is 1.00 bits per heavy atom. The van der Waals surface area contributed by atoms with E-state index < -0.39 is 23.3 Å². The van der Waals surface area contributed by atoms with Crippen LogP contribution in [0.4, 0.5) is 17.6 Å². The molecule has 0 aromatic heterocycles. The van der Waals surface area contributed by atoms with Crippen LogP contribution in [-0.4, -0.2) is 0 Å². The maximum atomic E-state index is 14.0. The van der Waals surface area contributed by atoms with Gasteiger partial charge in [-0.2, -0.15) is 0 Å². The third-order valence-electron chi connectivity index (χ3n) is 3.26. The molecule has 2 rings (SSSR count). The van der Waals surface area contributed by atoms with Gasteiger partial charge in [-0.1, -0.05) is 12.1 Å². The molecule has 0 nitrogen and oxygen atoms in total. The van der Waals surface area contributed by atoms with Crippen molar-refractivity contribution in [2.75, 3.05) is 0 Å². The lowest BCUT2D eigenvalue weighted by Crippen LogP contribution is -1.96. The Hall–Kier alpha value is -1.14. The average Bonchev–Trinajstić information content (AvgIpc) is 2.46. The summed E-state index contributed by atoms with van der Waals surface area (Å²) in [5.74, 6) is -2.81. The highest BCUT2D eigenvalue weighted by Crippen LogP contribution is 2.44. The Bertz CT molecular complexity index is 626. The lowest BCUT2D eigenvalue weighted by atomic mass is 10.1. The fourth-order valence-electron chi connectivity index (χ4n) is 2.04. The Labute approximate surface area is 134 Å². The highest BCUT2D eigenvalue weighted by Gasteiger charge is 2.20. The number of halogens is 4. The molecule has 6 heteroatoms. The second-order valence-corrected chi connectivity index (χ2v) is 7.25. The maximum absolute atomic E-state index is 14.0. The first-order chi connectivity index (χ1) is 10.2. The van der Waals surface area contributed by atoms with E-state index in [0.29, 0.717) is 43.8 Å². The van der Waals surface area contributed by atoms with Crippen LogP contribution in [0, 0.1) is 51.0 Å². The molecule has 0 fully saturated rings. The van der Waals surface area contributed by atoms with E-state index in [9.17, 15) is 17.6 Å². The Morgan fingerprint density at radius 2 is 0.773 bits per heavy atom. The third-order valence-corrected chi connectivity index (χ3v) is 5.64. The predicted molar refractivity (Wildman–Crippen MR) is 83.4 cm³/mol. The van der Waals surface area contributed by atoms with Crippen LogP contribution < -0.4 is 0 Å². The van der Waals surface area contributed by atoms with Crippen molar-refractivity contribution in [2.24, 2.45) is 0 Å². The van der Waals surface area contributed by atoms with E-state index in [0.717, 1.165) is 0 Å². The van der Waals surface area contributed by atoms with Crippen molar-refractivity contribution < 1.29 is 17.6 Å². The van der Waals surface area contributed by atoms with Crippen molar-refractivity contribution in [3.05, 3.63) is 57.7 Å². The predicted octanol–water partition coefficient (Wildman–Crippen LogP) is 6.28. The van der Waals surface area contributed by atoms with Gasteiger partial charge in [-0.15, -0.1) is 0 Å². The Kier molecular flexibility index (Phi) is 5.12. The van der Waals surface area contributed by atoms with Crippen LogP contribution in [0.15, 0.2) is 21.9 Å². The van der Waals surface area contributed by atoms with Gasteiger partial charge in [0.05, 0.1) is 9.79 Å². The van der Waals surface area contributed by atoms with Crippen molar-refractivity contribution in [2.45, 2.75) is 37.5 Å². The summed E-state index contributed by atoms with van der Waals surface area (Å²) in [5.41, 5.74) is 1.18. The minimum Gasteiger partial charge on any atom is -0.205 e. The summed E-state index contributed by atoms with van der Waals surface area (Å²) in [5, 5.41) is 0. The Balaban J connectivity index is 2.40. The molecule has 118 valence electrons. The standard InChI is InChI=1S/C16H14F4S2/c1-7-5-8(2)12(18)15(11(7)17)21-22-16-13(19)9(3)6-10(4)14(16)20/h5-6H,1-4H3. The second-order valence-electron chi connectivity index (χ2n) is 5.10. The molecule has 0 saturated heterocycles. The van der Waals surface area contributed by atoms with E-state index in [1.807, 2.05) is 0 Å². The zero-order valence-electron chi connectivity index (χ0n) is 12.5. The fraction of sp³-hybridized carbons (Fsp3) is 0.250. The summed E-state index contributed by atoms with van der Waals surface area (Å²) in [6.07, 6.45) is 0. The summed E-state index contributed by atoms with van der Waals surface area (Å²) in [4.78, 5) is -0.471. The third kappa shape index (κ3) is 3.13. The number of hydrogen-bond donors (Lipinski definition) is 0. The van der Waals surface area contributed by atoms with Crippen molar-refractivity contribution in [3.8, 4) is 0 Å². The lowest BCUT2D eigenvalue weighted by molar-refractivity contribution is 0.528. The zero-order valence-corrected chi connectivity index (χ0v) is 14.1. The normalized spacial score (nSPS) is 11.1. The van der Waals surface area contributed by atoms with Gasteiger partial charge in [0.1, 0.15) is 23.3 Å². The van der Waals surface area contributed by atoms with Crippen molar-refractivity contribution >= 4 is 21.6 Å². The van der Waals surface area contributed by atoms with Gasteiger partial charge in [0.15, 0.2) is 0 Å². The van der Waals surface area contributed by atoms with Crippen molar-refractivity contribution in [1.29, 1.82) is 0 Å². The minimum atomic E-state index is -0.703. The van der Waals surface area contributed by atoms with Gasteiger partial charge in [-0.25, -0.2) is 17.6 Å². The van der Waals surface area contributed by atoms with E-state index in [-0.39, 0.29) is 9.79 Å². The molecule has 0 radical (unpaired) electrons.